The summed E-state index contributed by atoms with van der Waals surface area (Å²) in [6.45, 7) is 0.184. The molecule has 1 fully saturated rings. The fourth-order valence-electron chi connectivity index (χ4n) is 4.19. The van der Waals surface area contributed by atoms with Gasteiger partial charge in [-0.15, -0.1) is 11.8 Å². The van der Waals surface area contributed by atoms with E-state index in [1.165, 1.54) is 0 Å². The van der Waals surface area contributed by atoms with Crippen LogP contribution in [0.3, 0.4) is 0 Å². The zero-order valence-corrected chi connectivity index (χ0v) is 21.9. The quantitative estimate of drug-likeness (QED) is 0.240. The molecule has 0 N–H and O–H groups in total. The molecule has 0 spiro atoms. The first-order valence-corrected chi connectivity index (χ1v) is 13.3. The summed E-state index contributed by atoms with van der Waals surface area (Å²) in [6, 6.07) is 20.7. The van der Waals surface area contributed by atoms with Gasteiger partial charge < -0.3 is 14.2 Å². The van der Waals surface area contributed by atoms with Crippen molar-refractivity contribution < 1.29 is 19.0 Å². The molecule has 1 saturated heterocycles. The third-order valence-electron chi connectivity index (χ3n) is 5.87. The maximum absolute atomic E-state index is 12.9. The van der Waals surface area contributed by atoms with E-state index in [1.54, 1.807) is 28.8 Å². The molecular formula is C26H16BrCl2NO4S. The van der Waals surface area contributed by atoms with Crippen LogP contribution in [0, 0.1) is 0 Å². The number of carbonyl (C=O) groups excluding carboxylic acids is 1. The molecule has 176 valence electrons. The zero-order chi connectivity index (χ0) is 24.1. The Kier molecular flexibility index (Phi) is 5.96. The monoisotopic (exact) mass is 587 g/mol. The predicted molar refractivity (Wildman–Crippen MR) is 143 cm³/mol. The fraction of sp³-hybridized carbons (Fsp3) is 0.115. The Hall–Kier alpha value is -2.58. The lowest BCUT2D eigenvalue weighted by atomic mass is 10.1. The van der Waals surface area contributed by atoms with E-state index in [2.05, 4.69) is 15.9 Å². The van der Waals surface area contributed by atoms with Crippen molar-refractivity contribution in [3.63, 3.8) is 0 Å². The molecule has 4 aromatic carbocycles. The number of ether oxygens (including phenoxy) is 3. The molecule has 0 aliphatic carbocycles. The van der Waals surface area contributed by atoms with Gasteiger partial charge in [-0.25, -0.2) is 0 Å². The van der Waals surface area contributed by atoms with E-state index in [0.717, 1.165) is 20.8 Å². The van der Waals surface area contributed by atoms with Crippen molar-refractivity contribution in [2.24, 2.45) is 0 Å². The van der Waals surface area contributed by atoms with E-state index < -0.39 is 0 Å². The van der Waals surface area contributed by atoms with E-state index in [-0.39, 0.29) is 18.1 Å². The number of thioether (sulfide) groups is 1. The third-order valence-corrected chi connectivity index (χ3v) is 8.43. The van der Waals surface area contributed by atoms with E-state index in [0.29, 0.717) is 44.5 Å². The van der Waals surface area contributed by atoms with Gasteiger partial charge in [-0.3, -0.25) is 9.69 Å². The van der Waals surface area contributed by atoms with Crippen LogP contribution in [0.5, 0.6) is 23.0 Å². The van der Waals surface area contributed by atoms with Crippen molar-refractivity contribution in [1.82, 2.24) is 0 Å². The van der Waals surface area contributed by atoms with Gasteiger partial charge in [0.25, 0.3) is 0 Å². The second kappa shape index (κ2) is 9.13. The third kappa shape index (κ3) is 4.10. The lowest BCUT2D eigenvalue weighted by Crippen LogP contribution is -2.28. The lowest BCUT2D eigenvalue weighted by molar-refractivity contribution is -0.115. The van der Waals surface area contributed by atoms with E-state index in [9.17, 15) is 4.79 Å². The first kappa shape index (κ1) is 22.9. The average molecular weight is 589 g/mol. The Morgan fingerprint density at radius 2 is 1.74 bits per heavy atom. The van der Waals surface area contributed by atoms with Gasteiger partial charge in [0.2, 0.25) is 12.7 Å². The largest absolute Gasteiger partial charge is 0.454 e. The van der Waals surface area contributed by atoms with Crippen LogP contribution in [0.15, 0.2) is 71.2 Å². The summed E-state index contributed by atoms with van der Waals surface area (Å²) < 4.78 is 17.9. The van der Waals surface area contributed by atoms with Crippen molar-refractivity contribution >= 4 is 73.3 Å². The first-order valence-electron chi connectivity index (χ1n) is 10.7. The fourth-order valence-corrected chi connectivity index (χ4v) is 6.57. The zero-order valence-electron chi connectivity index (χ0n) is 18.0. The molecule has 0 bridgehead atoms. The van der Waals surface area contributed by atoms with Crippen molar-refractivity contribution in [3.05, 3.63) is 86.8 Å². The number of nitrogens with zero attached hydrogens (tertiary/aromatic N) is 1. The number of anilines is 1. The SMILES string of the molecule is O=C1CSC(c2cc3c(cc2Br)OCO3)N1c1ccc(Oc2ccc3ccccc3c2Cl)c(Cl)c1. The summed E-state index contributed by atoms with van der Waals surface area (Å²) in [5.74, 6) is 2.65. The van der Waals surface area contributed by atoms with Crippen LogP contribution >= 0.6 is 50.9 Å². The Labute approximate surface area is 224 Å². The highest BCUT2D eigenvalue weighted by molar-refractivity contribution is 9.10. The second-order valence-electron chi connectivity index (χ2n) is 7.97. The Morgan fingerprint density at radius 1 is 0.971 bits per heavy atom. The van der Waals surface area contributed by atoms with Crippen LogP contribution in [0.4, 0.5) is 5.69 Å². The van der Waals surface area contributed by atoms with Gasteiger partial charge in [-0.05, 0) is 41.8 Å². The van der Waals surface area contributed by atoms with Crippen LogP contribution in [0.1, 0.15) is 10.9 Å². The predicted octanol–water partition coefficient (Wildman–Crippen LogP) is 8.21. The van der Waals surface area contributed by atoms with Gasteiger partial charge in [0.05, 0.1) is 15.8 Å². The standard InChI is InChI=1S/C26H16BrCl2NO4S/c27-18-11-23-22(32-13-33-23)10-17(18)26-30(24(31)12-35-26)15-6-8-20(19(28)9-15)34-21-7-5-14-3-1-2-4-16(14)25(21)29/h1-11,26H,12-13H2. The number of rotatable bonds is 4. The van der Waals surface area contributed by atoms with Crippen LogP contribution < -0.4 is 19.1 Å². The molecular weight excluding hydrogens is 573 g/mol. The highest BCUT2D eigenvalue weighted by Gasteiger charge is 2.36. The second-order valence-corrected chi connectivity index (χ2v) is 10.7. The molecule has 6 rings (SSSR count). The molecule has 2 heterocycles. The Morgan fingerprint density at radius 3 is 2.57 bits per heavy atom. The first-order chi connectivity index (χ1) is 17.0. The van der Waals surface area contributed by atoms with Crippen LogP contribution in [0.25, 0.3) is 10.8 Å². The molecule has 0 aromatic heterocycles. The van der Waals surface area contributed by atoms with Gasteiger partial charge >= 0.3 is 0 Å². The molecule has 4 aromatic rings. The van der Waals surface area contributed by atoms with Crippen molar-refractivity contribution in [2.45, 2.75) is 5.37 Å². The van der Waals surface area contributed by atoms with E-state index in [1.807, 2.05) is 54.6 Å². The summed E-state index contributed by atoms with van der Waals surface area (Å²) >= 11 is 18.4. The minimum Gasteiger partial charge on any atom is -0.454 e. The number of hydrogen-bond acceptors (Lipinski definition) is 5. The molecule has 1 unspecified atom stereocenters. The number of carbonyl (C=O) groups is 1. The summed E-state index contributed by atoms with van der Waals surface area (Å²) in [4.78, 5) is 14.6. The Bertz CT molecular complexity index is 1500. The van der Waals surface area contributed by atoms with Crippen molar-refractivity contribution in [3.8, 4) is 23.0 Å². The van der Waals surface area contributed by atoms with E-state index in [4.69, 9.17) is 37.4 Å². The number of fused-ring (bicyclic) bond motifs is 2. The minimum absolute atomic E-state index is 0.00752. The molecule has 1 atom stereocenters. The summed E-state index contributed by atoms with van der Waals surface area (Å²) in [5.41, 5.74) is 1.60. The maximum atomic E-state index is 12.9. The lowest BCUT2D eigenvalue weighted by Gasteiger charge is -2.26. The highest BCUT2D eigenvalue weighted by Crippen LogP contribution is 2.49. The molecule has 35 heavy (non-hydrogen) atoms. The maximum Gasteiger partial charge on any atom is 0.238 e. The van der Waals surface area contributed by atoms with Gasteiger partial charge in [0, 0.05) is 21.1 Å². The van der Waals surface area contributed by atoms with Crippen LogP contribution in [-0.4, -0.2) is 18.5 Å². The Balaban J connectivity index is 1.31. The van der Waals surface area contributed by atoms with Gasteiger partial charge in [-0.1, -0.05) is 69.5 Å². The number of hydrogen-bond donors (Lipinski definition) is 0. The van der Waals surface area contributed by atoms with Crippen molar-refractivity contribution in [1.29, 1.82) is 0 Å². The summed E-state index contributed by atoms with van der Waals surface area (Å²) in [7, 11) is 0. The molecule has 5 nitrogen and oxygen atoms in total. The molecule has 2 aliphatic rings. The molecule has 0 radical (unpaired) electrons. The van der Waals surface area contributed by atoms with E-state index >= 15 is 0 Å². The van der Waals surface area contributed by atoms with Gasteiger partial charge in [0.1, 0.15) is 16.9 Å². The minimum atomic E-state index is -0.246. The number of amides is 1. The average Bonchev–Trinajstić information content (AvgIpc) is 3.47. The topological polar surface area (TPSA) is 48.0 Å². The van der Waals surface area contributed by atoms with Gasteiger partial charge in [-0.2, -0.15) is 0 Å². The summed E-state index contributed by atoms with van der Waals surface area (Å²) in [6.07, 6.45) is 0. The highest BCUT2D eigenvalue weighted by atomic mass is 79.9. The number of halogens is 3. The smallest absolute Gasteiger partial charge is 0.238 e. The normalized spacial score (nSPS) is 16.8. The molecule has 0 saturated carbocycles. The van der Waals surface area contributed by atoms with Gasteiger partial charge in [0.15, 0.2) is 11.5 Å². The number of benzene rings is 4. The molecule has 1 amide bonds. The van der Waals surface area contributed by atoms with Crippen LogP contribution in [-0.2, 0) is 4.79 Å². The van der Waals surface area contributed by atoms with Crippen molar-refractivity contribution in [2.75, 3.05) is 17.4 Å². The molecule has 2 aliphatic heterocycles. The molecule has 9 heteroatoms. The summed E-state index contributed by atoms with van der Waals surface area (Å²) in [5, 5.41) is 2.57. The van der Waals surface area contributed by atoms with Crippen LogP contribution in [0.2, 0.25) is 10.0 Å².